The maximum atomic E-state index is 12.9. The number of piperidine rings is 1. The van der Waals surface area contributed by atoms with Crippen LogP contribution in [0, 0.1) is 0 Å². The highest BCUT2D eigenvalue weighted by atomic mass is 35.5. The van der Waals surface area contributed by atoms with Crippen molar-refractivity contribution in [3.05, 3.63) is 77.0 Å². The van der Waals surface area contributed by atoms with Gasteiger partial charge in [0.25, 0.3) is 5.91 Å². The summed E-state index contributed by atoms with van der Waals surface area (Å²) < 4.78 is 6.00. The number of amides is 1. The summed E-state index contributed by atoms with van der Waals surface area (Å²) in [5.74, 6) is 1.16. The highest BCUT2D eigenvalue weighted by Gasteiger charge is 2.32. The predicted molar refractivity (Wildman–Crippen MR) is 100 cm³/mol. The number of carbonyl (C=O) groups is 1. The second-order valence-electron chi connectivity index (χ2n) is 6.53. The highest BCUT2D eigenvalue weighted by Crippen LogP contribution is 2.32. The number of hydrogen-bond acceptors (Lipinski definition) is 5. The van der Waals surface area contributed by atoms with Crippen LogP contribution < -0.4 is 0 Å². The number of likely N-dealkylation sites (tertiary alicyclic amines) is 1. The van der Waals surface area contributed by atoms with Crippen LogP contribution in [0.2, 0.25) is 5.02 Å². The van der Waals surface area contributed by atoms with Crippen molar-refractivity contribution in [1.82, 2.24) is 19.9 Å². The Morgan fingerprint density at radius 3 is 2.89 bits per heavy atom. The first-order chi connectivity index (χ1) is 13.2. The Bertz CT molecular complexity index is 928. The van der Waals surface area contributed by atoms with Crippen LogP contribution in [0.15, 0.2) is 53.5 Å². The van der Waals surface area contributed by atoms with E-state index in [1.807, 2.05) is 24.3 Å². The molecule has 1 fully saturated rings. The molecule has 1 amide bonds. The first-order valence-corrected chi connectivity index (χ1v) is 9.35. The summed E-state index contributed by atoms with van der Waals surface area (Å²) in [6.07, 6.45) is 9.66. The second-order valence-corrected chi connectivity index (χ2v) is 6.94. The van der Waals surface area contributed by atoms with E-state index in [0.29, 0.717) is 29.6 Å². The van der Waals surface area contributed by atoms with Gasteiger partial charge >= 0.3 is 0 Å². The molecule has 0 unspecified atom stereocenters. The van der Waals surface area contributed by atoms with Gasteiger partial charge in [-0.3, -0.25) is 9.78 Å². The number of aromatic nitrogens is 3. The summed E-state index contributed by atoms with van der Waals surface area (Å²) in [5, 5.41) is 0.701. The van der Waals surface area contributed by atoms with Gasteiger partial charge in [0, 0.05) is 30.4 Å². The Balaban J connectivity index is 1.55. The largest absolute Gasteiger partial charge is 0.443 e. The molecule has 1 aromatic carbocycles. The number of benzene rings is 1. The number of nitrogens with zero attached hydrogens (tertiary/aromatic N) is 4. The molecule has 4 rings (SSSR count). The Morgan fingerprint density at radius 1 is 1.19 bits per heavy atom. The molecule has 1 aliphatic heterocycles. The molecule has 0 aliphatic carbocycles. The number of hydrogen-bond donors (Lipinski definition) is 0. The van der Waals surface area contributed by atoms with Gasteiger partial charge in [-0.15, -0.1) is 0 Å². The molecule has 1 atom stereocenters. The zero-order valence-electron chi connectivity index (χ0n) is 14.7. The van der Waals surface area contributed by atoms with Gasteiger partial charge in [0.15, 0.2) is 0 Å². The number of rotatable bonds is 4. The summed E-state index contributed by atoms with van der Waals surface area (Å²) in [6.45, 7) is 0.655. The first kappa shape index (κ1) is 17.7. The van der Waals surface area contributed by atoms with Crippen molar-refractivity contribution in [2.45, 2.75) is 31.7 Å². The molecular formula is C20H19ClN4O2. The molecule has 0 spiro atoms. The zero-order chi connectivity index (χ0) is 18.6. The van der Waals surface area contributed by atoms with Crippen molar-refractivity contribution in [3.63, 3.8) is 0 Å². The standard InChI is InChI=1S/C20H19ClN4O2/c21-16-6-2-1-5-14(16)11-15-12-24-19(27-15)18-7-3-4-10-25(18)20(26)17-13-22-8-9-23-17/h1-2,5-6,8-9,12-13,18H,3-4,7,10-11H2/t18-/m1/s1. The fourth-order valence-electron chi connectivity index (χ4n) is 3.38. The van der Waals surface area contributed by atoms with Gasteiger partial charge < -0.3 is 9.32 Å². The van der Waals surface area contributed by atoms with E-state index >= 15 is 0 Å². The lowest BCUT2D eigenvalue weighted by molar-refractivity contribution is 0.0563. The Labute approximate surface area is 162 Å². The van der Waals surface area contributed by atoms with Crippen LogP contribution in [0.3, 0.4) is 0 Å². The Kier molecular flexibility index (Phi) is 5.16. The van der Waals surface area contributed by atoms with Crippen LogP contribution in [0.4, 0.5) is 0 Å². The molecular weight excluding hydrogens is 364 g/mol. The molecule has 2 aromatic heterocycles. The molecule has 3 aromatic rings. The lowest BCUT2D eigenvalue weighted by Gasteiger charge is -2.33. The van der Waals surface area contributed by atoms with E-state index in [2.05, 4.69) is 15.0 Å². The zero-order valence-corrected chi connectivity index (χ0v) is 15.5. The van der Waals surface area contributed by atoms with Crippen molar-refractivity contribution in [3.8, 4) is 0 Å². The average Bonchev–Trinajstić information content (AvgIpc) is 3.18. The van der Waals surface area contributed by atoms with E-state index in [4.69, 9.17) is 16.0 Å². The third-order valence-electron chi connectivity index (χ3n) is 4.72. The van der Waals surface area contributed by atoms with Gasteiger partial charge in [-0.1, -0.05) is 29.8 Å². The normalized spacial score (nSPS) is 17.1. The number of carbonyl (C=O) groups excluding carboxylic acids is 1. The number of halogens is 1. The van der Waals surface area contributed by atoms with Crippen molar-refractivity contribution < 1.29 is 9.21 Å². The van der Waals surface area contributed by atoms with Crippen molar-refractivity contribution in [2.75, 3.05) is 6.54 Å². The van der Waals surface area contributed by atoms with E-state index < -0.39 is 0 Å². The second kappa shape index (κ2) is 7.88. The molecule has 1 aliphatic rings. The minimum Gasteiger partial charge on any atom is -0.443 e. The smallest absolute Gasteiger partial charge is 0.274 e. The van der Waals surface area contributed by atoms with Gasteiger partial charge in [0.05, 0.1) is 12.4 Å². The van der Waals surface area contributed by atoms with E-state index in [-0.39, 0.29) is 11.9 Å². The first-order valence-electron chi connectivity index (χ1n) is 8.97. The molecule has 3 heterocycles. The summed E-state index contributed by atoms with van der Waals surface area (Å²) in [6, 6.07) is 7.48. The van der Waals surface area contributed by atoms with Crippen molar-refractivity contribution >= 4 is 17.5 Å². The molecule has 27 heavy (non-hydrogen) atoms. The number of oxazole rings is 1. The average molecular weight is 383 g/mol. The Morgan fingerprint density at radius 2 is 2.07 bits per heavy atom. The van der Waals surface area contributed by atoms with E-state index in [9.17, 15) is 4.79 Å². The van der Waals surface area contributed by atoms with Gasteiger partial charge in [-0.25, -0.2) is 9.97 Å². The Hall–Kier alpha value is -2.73. The van der Waals surface area contributed by atoms with Gasteiger partial charge in [-0.05, 0) is 30.9 Å². The molecule has 7 heteroatoms. The van der Waals surface area contributed by atoms with Crippen LogP contribution >= 0.6 is 11.6 Å². The van der Waals surface area contributed by atoms with E-state index in [1.54, 1.807) is 17.3 Å². The minimum atomic E-state index is -0.187. The van der Waals surface area contributed by atoms with Crippen LogP contribution in [0.1, 0.15) is 53.0 Å². The summed E-state index contributed by atoms with van der Waals surface area (Å²) in [7, 11) is 0. The van der Waals surface area contributed by atoms with E-state index in [0.717, 1.165) is 30.6 Å². The van der Waals surface area contributed by atoms with E-state index in [1.165, 1.54) is 12.4 Å². The fraction of sp³-hybridized carbons (Fsp3) is 0.300. The quantitative estimate of drug-likeness (QED) is 0.679. The third kappa shape index (κ3) is 3.85. The lowest BCUT2D eigenvalue weighted by atomic mass is 10.0. The van der Waals surface area contributed by atoms with Gasteiger partial charge in [-0.2, -0.15) is 0 Å². The van der Waals surface area contributed by atoms with Crippen LogP contribution in [0.5, 0.6) is 0 Å². The van der Waals surface area contributed by atoms with Crippen LogP contribution in [0.25, 0.3) is 0 Å². The lowest BCUT2D eigenvalue weighted by Crippen LogP contribution is -2.39. The topological polar surface area (TPSA) is 72.1 Å². The maximum Gasteiger partial charge on any atom is 0.274 e. The minimum absolute atomic E-state index is 0.140. The summed E-state index contributed by atoms with van der Waals surface area (Å²) in [5.41, 5.74) is 1.32. The molecule has 0 bridgehead atoms. The summed E-state index contributed by atoms with van der Waals surface area (Å²) in [4.78, 5) is 27.2. The monoisotopic (exact) mass is 382 g/mol. The molecule has 0 N–H and O–H groups in total. The van der Waals surface area contributed by atoms with Crippen LogP contribution in [-0.4, -0.2) is 32.3 Å². The third-order valence-corrected chi connectivity index (χ3v) is 5.09. The fourth-order valence-corrected chi connectivity index (χ4v) is 3.58. The summed E-state index contributed by atoms with van der Waals surface area (Å²) >= 11 is 6.23. The van der Waals surface area contributed by atoms with Crippen LogP contribution in [-0.2, 0) is 6.42 Å². The molecule has 1 saturated heterocycles. The molecule has 0 saturated carbocycles. The van der Waals surface area contributed by atoms with Crippen molar-refractivity contribution in [2.24, 2.45) is 0 Å². The molecule has 0 radical (unpaired) electrons. The highest BCUT2D eigenvalue weighted by molar-refractivity contribution is 6.31. The predicted octanol–water partition coefficient (Wildman–Crippen LogP) is 4.08. The van der Waals surface area contributed by atoms with Gasteiger partial charge in [0.1, 0.15) is 17.5 Å². The molecule has 6 nitrogen and oxygen atoms in total. The van der Waals surface area contributed by atoms with Gasteiger partial charge in [0.2, 0.25) is 5.89 Å². The van der Waals surface area contributed by atoms with Crippen molar-refractivity contribution in [1.29, 1.82) is 0 Å². The SMILES string of the molecule is O=C(c1cnccn1)N1CCCC[C@@H]1c1ncc(Cc2ccccc2Cl)o1. The maximum absolute atomic E-state index is 12.9. The molecule has 138 valence electrons.